The van der Waals surface area contributed by atoms with Crippen molar-refractivity contribution >= 4 is 17.3 Å². The Kier molecular flexibility index (Phi) is 3.17. The second-order valence-electron chi connectivity index (χ2n) is 3.44. The van der Waals surface area contributed by atoms with Crippen molar-refractivity contribution in [2.75, 3.05) is 12.8 Å². The van der Waals surface area contributed by atoms with Crippen LogP contribution in [0.4, 0.5) is 5.69 Å². The van der Waals surface area contributed by atoms with Crippen LogP contribution in [0.2, 0.25) is 5.02 Å². The number of nitrogens with two attached hydrogens (primary N) is 1. The first kappa shape index (κ1) is 11.0. The lowest BCUT2D eigenvalue weighted by molar-refractivity contribution is 0.165. The lowest BCUT2D eigenvalue weighted by Gasteiger charge is -2.02. The average molecular weight is 238 g/mol. The fraction of sp³-hybridized carbons (Fsp3) is 0.167. The zero-order valence-corrected chi connectivity index (χ0v) is 9.62. The molecule has 16 heavy (non-hydrogen) atoms. The van der Waals surface area contributed by atoms with Crippen LogP contribution >= 0.6 is 11.6 Å². The molecule has 1 aromatic heterocycles. The largest absolute Gasteiger partial charge is 0.459 e. The van der Waals surface area contributed by atoms with Crippen molar-refractivity contribution in [1.82, 2.24) is 0 Å². The maximum atomic E-state index is 6.07. The fourth-order valence-electron chi connectivity index (χ4n) is 1.47. The summed E-state index contributed by atoms with van der Waals surface area (Å²) in [6, 6.07) is 9.01. The van der Waals surface area contributed by atoms with E-state index in [1.807, 2.05) is 12.1 Å². The molecule has 0 spiro atoms. The van der Waals surface area contributed by atoms with Gasteiger partial charge in [0.2, 0.25) is 0 Å². The molecule has 2 aromatic rings. The Morgan fingerprint density at radius 1 is 1.31 bits per heavy atom. The summed E-state index contributed by atoms with van der Waals surface area (Å²) < 4.78 is 10.6. The van der Waals surface area contributed by atoms with Crippen LogP contribution in [0.5, 0.6) is 0 Å². The summed E-state index contributed by atoms with van der Waals surface area (Å²) in [5, 5.41) is 0.618. The highest BCUT2D eigenvalue weighted by atomic mass is 35.5. The minimum Gasteiger partial charge on any atom is -0.459 e. The van der Waals surface area contributed by atoms with Crippen LogP contribution in [0.1, 0.15) is 5.76 Å². The molecule has 4 heteroatoms. The third-order valence-corrected chi connectivity index (χ3v) is 2.53. The van der Waals surface area contributed by atoms with Gasteiger partial charge in [-0.15, -0.1) is 0 Å². The van der Waals surface area contributed by atoms with E-state index in [9.17, 15) is 0 Å². The first-order valence-corrected chi connectivity index (χ1v) is 5.21. The first-order chi connectivity index (χ1) is 7.70. The van der Waals surface area contributed by atoms with E-state index in [0.29, 0.717) is 23.1 Å². The third-order valence-electron chi connectivity index (χ3n) is 2.20. The Hall–Kier alpha value is -1.45. The molecular formula is C12H12ClNO2. The van der Waals surface area contributed by atoms with Crippen LogP contribution in [0.15, 0.2) is 34.7 Å². The molecule has 2 N–H and O–H groups in total. The summed E-state index contributed by atoms with van der Waals surface area (Å²) in [5.41, 5.74) is 7.16. The maximum Gasteiger partial charge on any atom is 0.135 e. The zero-order chi connectivity index (χ0) is 11.5. The smallest absolute Gasteiger partial charge is 0.135 e. The lowest BCUT2D eigenvalue weighted by Crippen LogP contribution is -1.86. The number of furan rings is 1. The van der Waals surface area contributed by atoms with Crippen molar-refractivity contribution in [3.8, 4) is 11.3 Å². The Bertz CT molecular complexity index is 494. The summed E-state index contributed by atoms with van der Waals surface area (Å²) in [6.07, 6.45) is 0. The number of hydrogen-bond donors (Lipinski definition) is 1. The zero-order valence-electron chi connectivity index (χ0n) is 8.87. The van der Waals surface area contributed by atoms with Gasteiger partial charge in [-0.3, -0.25) is 0 Å². The van der Waals surface area contributed by atoms with Gasteiger partial charge >= 0.3 is 0 Å². The molecule has 0 saturated carbocycles. The van der Waals surface area contributed by atoms with Gasteiger partial charge < -0.3 is 14.9 Å². The van der Waals surface area contributed by atoms with E-state index in [2.05, 4.69) is 0 Å². The standard InChI is InChI=1S/C12H12ClNO2/c1-15-7-9-3-5-12(16-9)10-6-8(14)2-4-11(10)13/h2-6H,7,14H2,1H3. The van der Waals surface area contributed by atoms with Crippen LogP contribution in [-0.2, 0) is 11.3 Å². The number of anilines is 1. The molecule has 0 fully saturated rings. The number of halogens is 1. The van der Waals surface area contributed by atoms with Crippen molar-refractivity contribution in [2.45, 2.75) is 6.61 Å². The Morgan fingerprint density at radius 3 is 2.88 bits per heavy atom. The van der Waals surface area contributed by atoms with Gasteiger partial charge in [-0.25, -0.2) is 0 Å². The predicted molar refractivity (Wildman–Crippen MR) is 64.3 cm³/mol. The summed E-state index contributed by atoms with van der Waals surface area (Å²) >= 11 is 6.07. The number of nitrogen functional groups attached to an aromatic ring is 1. The molecule has 0 amide bonds. The van der Waals surface area contributed by atoms with Crippen LogP contribution in [0.3, 0.4) is 0 Å². The van der Waals surface area contributed by atoms with E-state index in [1.165, 1.54) is 0 Å². The van der Waals surface area contributed by atoms with Gasteiger partial charge in [0, 0.05) is 18.4 Å². The monoisotopic (exact) mass is 237 g/mol. The SMILES string of the molecule is COCc1ccc(-c2cc(N)ccc2Cl)o1. The van der Waals surface area contributed by atoms with Crippen LogP contribution in [0.25, 0.3) is 11.3 Å². The van der Waals surface area contributed by atoms with Gasteiger partial charge in [-0.1, -0.05) is 11.6 Å². The van der Waals surface area contributed by atoms with Crippen molar-refractivity contribution in [3.63, 3.8) is 0 Å². The maximum absolute atomic E-state index is 6.07. The highest BCUT2D eigenvalue weighted by molar-refractivity contribution is 6.33. The Morgan fingerprint density at radius 2 is 2.12 bits per heavy atom. The second-order valence-corrected chi connectivity index (χ2v) is 3.85. The third kappa shape index (κ3) is 2.21. The minimum atomic E-state index is 0.444. The molecule has 2 rings (SSSR count). The number of methoxy groups -OCH3 is 1. The molecule has 0 aliphatic heterocycles. The number of rotatable bonds is 3. The van der Waals surface area contributed by atoms with Gasteiger partial charge in [0.25, 0.3) is 0 Å². The van der Waals surface area contributed by atoms with Gasteiger partial charge in [-0.2, -0.15) is 0 Å². The highest BCUT2D eigenvalue weighted by Gasteiger charge is 2.08. The predicted octanol–water partition coefficient (Wildman–Crippen LogP) is 3.33. The van der Waals surface area contributed by atoms with Crippen molar-refractivity contribution in [3.05, 3.63) is 41.1 Å². The van der Waals surface area contributed by atoms with E-state index in [1.54, 1.807) is 25.3 Å². The van der Waals surface area contributed by atoms with Crippen molar-refractivity contribution in [2.24, 2.45) is 0 Å². The molecule has 84 valence electrons. The van der Waals surface area contributed by atoms with Gasteiger partial charge in [0.15, 0.2) is 0 Å². The van der Waals surface area contributed by atoms with E-state index in [-0.39, 0.29) is 0 Å². The quantitative estimate of drug-likeness (QED) is 0.833. The van der Waals surface area contributed by atoms with Crippen LogP contribution in [0, 0.1) is 0 Å². The fourth-order valence-corrected chi connectivity index (χ4v) is 1.68. The molecular weight excluding hydrogens is 226 g/mol. The normalized spacial score (nSPS) is 10.6. The van der Waals surface area contributed by atoms with E-state index in [0.717, 1.165) is 11.3 Å². The number of ether oxygens (including phenoxy) is 1. The molecule has 0 bridgehead atoms. The van der Waals surface area contributed by atoms with E-state index < -0.39 is 0 Å². The number of benzene rings is 1. The average Bonchev–Trinajstić information content (AvgIpc) is 2.71. The molecule has 3 nitrogen and oxygen atoms in total. The van der Waals surface area contributed by atoms with Crippen LogP contribution in [-0.4, -0.2) is 7.11 Å². The summed E-state index contributed by atoms with van der Waals surface area (Å²) in [6.45, 7) is 0.444. The minimum absolute atomic E-state index is 0.444. The van der Waals surface area contributed by atoms with Crippen molar-refractivity contribution in [1.29, 1.82) is 0 Å². The van der Waals surface area contributed by atoms with E-state index in [4.69, 9.17) is 26.5 Å². The summed E-state index contributed by atoms with van der Waals surface area (Å²) in [7, 11) is 1.62. The van der Waals surface area contributed by atoms with Gasteiger partial charge in [-0.05, 0) is 30.3 Å². The molecule has 0 radical (unpaired) electrons. The summed E-state index contributed by atoms with van der Waals surface area (Å²) in [5.74, 6) is 1.46. The highest BCUT2D eigenvalue weighted by Crippen LogP contribution is 2.31. The first-order valence-electron chi connectivity index (χ1n) is 4.84. The molecule has 0 saturated heterocycles. The number of hydrogen-bond acceptors (Lipinski definition) is 3. The van der Waals surface area contributed by atoms with Gasteiger partial charge in [0.1, 0.15) is 18.1 Å². The van der Waals surface area contributed by atoms with Gasteiger partial charge in [0.05, 0.1) is 5.02 Å². The molecule has 0 atom stereocenters. The Labute approximate surface area is 98.8 Å². The topological polar surface area (TPSA) is 48.4 Å². The van der Waals surface area contributed by atoms with E-state index >= 15 is 0 Å². The molecule has 1 heterocycles. The Balaban J connectivity index is 2.38. The lowest BCUT2D eigenvalue weighted by atomic mass is 10.1. The molecule has 0 aliphatic rings. The second kappa shape index (κ2) is 4.60. The molecule has 0 aliphatic carbocycles. The summed E-state index contributed by atoms with van der Waals surface area (Å²) in [4.78, 5) is 0. The van der Waals surface area contributed by atoms with Crippen molar-refractivity contribution < 1.29 is 9.15 Å². The molecule has 1 aromatic carbocycles. The molecule has 0 unspecified atom stereocenters. The van der Waals surface area contributed by atoms with Crippen LogP contribution < -0.4 is 5.73 Å².